The number of rotatable bonds is 6. The average Bonchev–Trinajstić information content (AvgIpc) is 2.55. The van der Waals surface area contributed by atoms with Gasteiger partial charge in [-0.1, -0.05) is 66.2 Å². The summed E-state index contributed by atoms with van der Waals surface area (Å²) in [4.78, 5) is 11.8. The highest BCUT2D eigenvalue weighted by Crippen LogP contribution is 2.08. The number of nitrogens with one attached hydrogen (secondary N) is 1. The van der Waals surface area contributed by atoms with E-state index in [9.17, 15) is 9.90 Å². The van der Waals surface area contributed by atoms with Gasteiger partial charge in [0.2, 0.25) is 5.91 Å². The van der Waals surface area contributed by atoms with Crippen LogP contribution in [0.2, 0.25) is 0 Å². The lowest BCUT2D eigenvalue weighted by atomic mass is 10.1. The van der Waals surface area contributed by atoms with E-state index in [0.29, 0.717) is 13.0 Å². The molecular formula is C19H21NO2. The third-order valence-electron chi connectivity index (χ3n) is 3.46. The standard InChI is InChI=1S/C19H21NO2/c1-15-9-11-16(12-10-15)5-4-8-19(22)20-13-17-6-2-3-7-18(17)14-21/h2-7,9-12,21H,8,13-14H2,1H3,(H,20,22)/b5-4+. The van der Waals surface area contributed by atoms with E-state index in [2.05, 4.69) is 5.32 Å². The van der Waals surface area contributed by atoms with Crippen LogP contribution in [-0.4, -0.2) is 11.0 Å². The Kier molecular flexibility index (Phi) is 5.92. The van der Waals surface area contributed by atoms with Crippen molar-refractivity contribution in [1.82, 2.24) is 5.32 Å². The number of hydrogen-bond donors (Lipinski definition) is 2. The van der Waals surface area contributed by atoms with Crippen LogP contribution in [0.1, 0.15) is 28.7 Å². The first-order chi connectivity index (χ1) is 10.7. The predicted molar refractivity (Wildman–Crippen MR) is 89.0 cm³/mol. The smallest absolute Gasteiger partial charge is 0.224 e. The number of carbonyl (C=O) groups excluding carboxylic acids is 1. The van der Waals surface area contributed by atoms with E-state index in [-0.39, 0.29) is 12.5 Å². The van der Waals surface area contributed by atoms with Gasteiger partial charge in [0.15, 0.2) is 0 Å². The zero-order valence-corrected chi connectivity index (χ0v) is 12.8. The Bertz CT molecular complexity index is 645. The van der Waals surface area contributed by atoms with Gasteiger partial charge < -0.3 is 10.4 Å². The Hall–Kier alpha value is -2.39. The normalized spacial score (nSPS) is 10.8. The van der Waals surface area contributed by atoms with Crippen LogP contribution in [0.4, 0.5) is 0 Å². The lowest BCUT2D eigenvalue weighted by molar-refractivity contribution is -0.120. The molecule has 3 heteroatoms. The maximum absolute atomic E-state index is 11.8. The number of amides is 1. The van der Waals surface area contributed by atoms with Crippen LogP contribution in [0.5, 0.6) is 0 Å². The molecule has 0 saturated heterocycles. The summed E-state index contributed by atoms with van der Waals surface area (Å²) in [6.45, 7) is 2.47. The van der Waals surface area contributed by atoms with Gasteiger partial charge in [-0.2, -0.15) is 0 Å². The molecule has 0 aliphatic heterocycles. The van der Waals surface area contributed by atoms with Crippen LogP contribution in [0.25, 0.3) is 6.08 Å². The number of aliphatic hydroxyl groups is 1. The minimum Gasteiger partial charge on any atom is -0.392 e. The first-order valence-corrected chi connectivity index (χ1v) is 7.36. The zero-order valence-electron chi connectivity index (χ0n) is 12.8. The Morgan fingerprint density at radius 2 is 1.77 bits per heavy atom. The van der Waals surface area contributed by atoms with Crippen molar-refractivity contribution in [2.45, 2.75) is 26.5 Å². The average molecular weight is 295 g/mol. The molecule has 2 N–H and O–H groups in total. The first kappa shape index (κ1) is 16.0. The molecule has 0 atom stereocenters. The summed E-state index contributed by atoms with van der Waals surface area (Å²) in [6.07, 6.45) is 4.15. The highest BCUT2D eigenvalue weighted by molar-refractivity contribution is 5.78. The Morgan fingerprint density at radius 1 is 1.09 bits per heavy atom. The van der Waals surface area contributed by atoms with Crippen LogP contribution in [0, 0.1) is 6.92 Å². The summed E-state index contributed by atoms with van der Waals surface area (Å²) in [5.74, 6) is -0.0314. The van der Waals surface area contributed by atoms with E-state index in [1.165, 1.54) is 5.56 Å². The summed E-state index contributed by atoms with van der Waals surface area (Å²) in [5, 5.41) is 12.1. The maximum Gasteiger partial charge on any atom is 0.224 e. The quantitative estimate of drug-likeness (QED) is 0.859. The van der Waals surface area contributed by atoms with Crippen molar-refractivity contribution < 1.29 is 9.90 Å². The van der Waals surface area contributed by atoms with Crippen molar-refractivity contribution in [2.24, 2.45) is 0 Å². The summed E-state index contributed by atoms with van der Waals surface area (Å²) in [6, 6.07) is 15.7. The Balaban J connectivity index is 1.82. The molecular weight excluding hydrogens is 274 g/mol. The largest absolute Gasteiger partial charge is 0.392 e. The molecule has 0 bridgehead atoms. The minimum atomic E-state index is -0.0314. The van der Waals surface area contributed by atoms with Gasteiger partial charge in [0, 0.05) is 13.0 Å². The highest BCUT2D eigenvalue weighted by atomic mass is 16.3. The van der Waals surface area contributed by atoms with Gasteiger partial charge in [0.1, 0.15) is 0 Å². The molecule has 0 aliphatic carbocycles. The molecule has 3 nitrogen and oxygen atoms in total. The molecule has 0 spiro atoms. The number of hydrogen-bond acceptors (Lipinski definition) is 2. The van der Waals surface area contributed by atoms with Gasteiger partial charge >= 0.3 is 0 Å². The second-order valence-corrected chi connectivity index (χ2v) is 5.22. The summed E-state index contributed by atoms with van der Waals surface area (Å²) in [5.41, 5.74) is 4.10. The monoisotopic (exact) mass is 295 g/mol. The summed E-state index contributed by atoms with van der Waals surface area (Å²) < 4.78 is 0. The highest BCUT2D eigenvalue weighted by Gasteiger charge is 2.02. The van der Waals surface area contributed by atoms with Gasteiger partial charge in [0.25, 0.3) is 0 Å². The third kappa shape index (κ3) is 4.86. The van der Waals surface area contributed by atoms with Gasteiger partial charge in [-0.15, -0.1) is 0 Å². The molecule has 0 saturated carbocycles. The number of aryl methyl sites for hydroxylation is 1. The molecule has 22 heavy (non-hydrogen) atoms. The number of benzene rings is 2. The van der Waals surface area contributed by atoms with E-state index < -0.39 is 0 Å². The molecule has 2 aromatic carbocycles. The summed E-state index contributed by atoms with van der Waals surface area (Å²) >= 11 is 0. The Morgan fingerprint density at radius 3 is 2.45 bits per heavy atom. The lowest BCUT2D eigenvalue weighted by Gasteiger charge is -2.08. The topological polar surface area (TPSA) is 49.3 Å². The predicted octanol–water partition coefficient (Wildman–Crippen LogP) is 3.21. The molecule has 2 rings (SSSR count). The number of carbonyl (C=O) groups is 1. The fourth-order valence-corrected chi connectivity index (χ4v) is 2.13. The van der Waals surface area contributed by atoms with E-state index in [1.807, 2.05) is 67.6 Å². The second-order valence-electron chi connectivity index (χ2n) is 5.22. The Labute approximate surface area is 131 Å². The van der Waals surface area contributed by atoms with Gasteiger partial charge in [-0.3, -0.25) is 4.79 Å². The maximum atomic E-state index is 11.8. The lowest BCUT2D eigenvalue weighted by Crippen LogP contribution is -2.22. The van der Waals surface area contributed by atoms with Crippen LogP contribution < -0.4 is 5.32 Å². The van der Waals surface area contributed by atoms with Gasteiger partial charge in [0.05, 0.1) is 6.61 Å². The fourth-order valence-electron chi connectivity index (χ4n) is 2.13. The van der Waals surface area contributed by atoms with E-state index >= 15 is 0 Å². The second kappa shape index (κ2) is 8.15. The van der Waals surface area contributed by atoms with Crippen molar-refractivity contribution in [3.63, 3.8) is 0 Å². The zero-order chi connectivity index (χ0) is 15.8. The minimum absolute atomic E-state index is 0.0145. The fraction of sp³-hybridized carbons (Fsp3) is 0.211. The SMILES string of the molecule is Cc1ccc(/C=C/CC(=O)NCc2ccccc2CO)cc1. The van der Waals surface area contributed by atoms with Crippen LogP contribution in [0.3, 0.4) is 0 Å². The van der Waals surface area contributed by atoms with E-state index in [1.54, 1.807) is 0 Å². The molecule has 0 aromatic heterocycles. The van der Waals surface area contributed by atoms with Crippen molar-refractivity contribution >= 4 is 12.0 Å². The van der Waals surface area contributed by atoms with E-state index in [4.69, 9.17) is 0 Å². The van der Waals surface area contributed by atoms with Gasteiger partial charge in [-0.05, 0) is 23.6 Å². The molecule has 1 amide bonds. The molecule has 0 unspecified atom stereocenters. The molecule has 0 fully saturated rings. The number of aliphatic hydroxyl groups excluding tert-OH is 1. The van der Waals surface area contributed by atoms with E-state index in [0.717, 1.165) is 16.7 Å². The summed E-state index contributed by atoms with van der Waals surface area (Å²) in [7, 11) is 0. The van der Waals surface area contributed by atoms with Gasteiger partial charge in [-0.25, -0.2) is 0 Å². The third-order valence-corrected chi connectivity index (χ3v) is 3.46. The van der Waals surface area contributed by atoms with Crippen LogP contribution >= 0.6 is 0 Å². The molecule has 0 aliphatic rings. The molecule has 0 radical (unpaired) electrons. The van der Waals surface area contributed by atoms with Crippen LogP contribution in [0.15, 0.2) is 54.6 Å². The van der Waals surface area contributed by atoms with Crippen LogP contribution in [-0.2, 0) is 17.9 Å². The van der Waals surface area contributed by atoms with Crippen molar-refractivity contribution in [3.8, 4) is 0 Å². The first-order valence-electron chi connectivity index (χ1n) is 7.36. The molecule has 114 valence electrons. The van der Waals surface area contributed by atoms with Crippen molar-refractivity contribution in [3.05, 3.63) is 76.9 Å². The molecule has 2 aromatic rings. The molecule has 0 heterocycles. The van der Waals surface area contributed by atoms with Crippen molar-refractivity contribution in [1.29, 1.82) is 0 Å². The van der Waals surface area contributed by atoms with Crippen molar-refractivity contribution in [2.75, 3.05) is 0 Å².